The van der Waals surface area contributed by atoms with Crippen LogP contribution in [0.2, 0.25) is 0 Å². The molecule has 0 aliphatic carbocycles. The predicted molar refractivity (Wildman–Crippen MR) is 113 cm³/mol. The van der Waals surface area contributed by atoms with E-state index in [0.717, 1.165) is 35.2 Å². The van der Waals surface area contributed by atoms with Crippen LogP contribution in [0, 0.1) is 10.1 Å². The maximum absolute atomic E-state index is 12.6. The minimum Gasteiger partial charge on any atom is -0.366 e. The van der Waals surface area contributed by atoms with Crippen molar-refractivity contribution in [2.45, 2.75) is 22.1 Å². The molecule has 1 aromatic heterocycles. The van der Waals surface area contributed by atoms with Crippen LogP contribution in [0.3, 0.4) is 0 Å². The number of nitrogens with one attached hydrogen (secondary N) is 1. The van der Waals surface area contributed by atoms with Crippen LogP contribution >= 0.6 is 23.1 Å². The summed E-state index contributed by atoms with van der Waals surface area (Å²) in [7, 11) is 0. The molecule has 1 fully saturated rings. The molecule has 1 amide bonds. The molecule has 29 heavy (non-hydrogen) atoms. The molecular formula is C19H17N5O3S2. The third kappa shape index (κ3) is 4.54. The SMILES string of the molecule is O=C(Nc1ccc(Sc2nncs2)cc1)c1ccc(N2CCCC2)c([N+](=O)[O-])c1. The minimum atomic E-state index is -0.427. The lowest BCUT2D eigenvalue weighted by Gasteiger charge is -2.17. The smallest absolute Gasteiger partial charge is 0.293 e. The molecule has 4 rings (SSSR count). The molecule has 0 atom stereocenters. The lowest BCUT2D eigenvalue weighted by atomic mass is 10.1. The van der Waals surface area contributed by atoms with Gasteiger partial charge >= 0.3 is 0 Å². The summed E-state index contributed by atoms with van der Waals surface area (Å²) in [6, 6.07) is 12.0. The maximum atomic E-state index is 12.6. The van der Waals surface area contributed by atoms with E-state index in [4.69, 9.17) is 0 Å². The first-order valence-corrected chi connectivity index (χ1v) is 10.7. The number of carbonyl (C=O) groups excluding carboxylic acids is 1. The highest BCUT2D eigenvalue weighted by Gasteiger charge is 2.23. The summed E-state index contributed by atoms with van der Waals surface area (Å²) >= 11 is 2.95. The van der Waals surface area contributed by atoms with Crippen LogP contribution in [0.1, 0.15) is 23.2 Å². The molecule has 10 heteroatoms. The fourth-order valence-corrected chi connectivity index (χ4v) is 4.60. The van der Waals surface area contributed by atoms with Gasteiger partial charge in [0, 0.05) is 35.3 Å². The van der Waals surface area contributed by atoms with Gasteiger partial charge in [-0.25, -0.2) is 0 Å². The average Bonchev–Trinajstić information content (AvgIpc) is 3.43. The van der Waals surface area contributed by atoms with Gasteiger partial charge in [-0.15, -0.1) is 10.2 Å². The van der Waals surface area contributed by atoms with E-state index in [1.54, 1.807) is 29.8 Å². The van der Waals surface area contributed by atoms with Crippen LogP contribution in [0.25, 0.3) is 0 Å². The molecule has 1 saturated heterocycles. The van der Waals surface area contributed by atoms with E-state index in [-0.39, 0.29) is 17.2 Å². The zero-order valence-electron chi connectivity index (χ0n) is 15.3. The van der Waals surface area contributed by atoms with Crippen LogP contribution in [0.4, 0.5) is 17.1 Å². The van der Waals surface area contributed by atoms with Crippen molar-refractivity contribution in [3.63, 3.8) is 0 Å². The number of rotatable bonds is 6. The van der Waals surface area contributed by atoms with Crippen molar-refractivity contribution in [2.75, 3.05) is 23.3 Å². The van der Waals surface area contributed by atoms with E-state index >= 15 is 0 Å². The van der Waals surface area contributed by atoms with Crippen LogP contribution in [0.5, 0.6) is 0 Å². The molecule has 0 bridgehead atoms. The first-order chi connectivity index (χ1) is 14.1. The summed E-state index contributed by atoms with van der Waals surface area (Å²) in [6.07, 6.45) is 2.04. The van der Waals surface area contributed by atoms with E-state index < -0.39 is 4.92 Å². The first-order valence-electron chi connectivity index (χ1n) is 8.99. The fraction of sp³-hybridized carbons (Fsp3) is 0.211. The second kappa shape index (κ2) is 8.58. The van der Waals surface area contributed by atoms with Gasteiger partial charge < -0.3 is 10.2 Å². The van der Waals surface area contributed by atoms with Crippen molar-refractivity contribution in [3.05, 3.63) is 63.7 Å². The normalized spacial score (nSPS) is 13.4. The Hall–Kier alpha value is -2.98. The number of amides is 1. The standard InChI is InChI=1S/C19H17N5O3S2/c25-18(21-14-4-6-15(7-5-14)29-19-22-20-12-28-19)13-3-8-16(17(11-13)24(26)27)23-9-1-2-10-23/h3-8,11-12H,1-2,9-10H2,(H,21,25). The minimum absolute atomic E-state index is 0.0386. The van der Waals surface area contributed by atoms with Crippen LogP contribution in [0.15, 0.2) is 57.2 Å². The van der Waals surface area contributed by atoms with Gasteiger partial charge in [0.1, 0.15) is 11.2 Å². The summed E-state index contributed by atoms with van der Waals surface area (Å²) in [5.41, 5.74) is 3.07. The van der Waals surface area contributed by atoms with Crippen molar-refractivity contribution in [2.24, 2.45) is 0 Å². The number of nitro benzene ring substituents is 1. The highest BCUT2D eigenvalue weighted by atomic mass is 32.2. The van der Waals surface area contributed by atoms with E-state index in [1.165, 1.54) is 29.2 Å². The van der Waals surface area contributed by atoms with Crippen molar-refractivity contribution >= 4 is 46.1 Å². The first kappa shape index (κ1) is 19.3. The monoisotopic (exact) mass is 427 g/mol. The van der Waals surface area contributed by atoms with Gasteiger partial charge in [0.15, 0.2) is 4.34 Å². The number of hydrogen-bond donors (Lipinski definition) is 1. The van der Waals surface area contributed by atoms with Gasteiger partial charge in [-0.05, 0) is 49.2 Å². The maximum Gasteiger partial charge on any atom is 0.293 e. The molecule has 0 unspecified atom stereocenters. The van der Waals surface area contributed by atoms with Crippen molar-refractivity contribution in [3.8, 4) is 0 Å². The highest BCUT2D eigenvalue weighted by molar-refractivity contribution is 8.01. The van der Waals surface area contributed by atoms with Crippen molar-refractivity contribution < 1.29 is 9.72 Å². The van der Waals surface area contributed by atoms with Crippen LogP contribution in [-0.4, -0.2) is 34.1 Å². The summed E-state index contributed by atoms with van der Waals surface area (Å²) in [6.45, 7) is 1.60. The summed E-state index contributed by atoms with van der Waals surface area (Å²) in [5, 5.41) is 22.1. The Kier molecular flexibility index (Phi) is 5.72. The second-order valence-electron chi connectivity index (χ2n) is 6.44. The zero-order chi connectivity index (χ0) is 20.2. The molecule has 2 heterocycles. The number of aromatic nitrogens is 2. The van der Waals surface area contributed by atoms with Gasteiger partial charge in [-0.1, -0.05) is 23.1 Å². The topological polar surface area (TPSA) is 101 Å². The van der Waals surface area contributed by atoms with E-state index in [2.05, 4.69) is 15.5 Å². The summed E-state index contributed by atoms with van der Waals surface area (Å²) in [5.74, 6) is -0.384. The van der Waals surface area contributed by atoms with Gasteiger partial charge in [0.05, 0.1) is 4.92 Å². The number of carbonyl (C=O) groups is 1. The van der Waals surface area contributed by atoms with E-state index in [9.17, 15) is 14.9 Å². The van der Waals surface area contributed by atoms with Gasteiger partial charge in [0.25, 0.3) is 11.6 Å². The number of hydrogen-bond acceptors (Lipinski definition) is 8. The molecule has 1 aliphatic rings. The third-order valence-electron chi connectivity index (χ3n) is 4.54. The lowest BCUT2D eigenvalue weighted by molar-refractivity contribution is -0.384. The molecule has 2 aromatic carbocycles. The van der Waals surface area contributed by atoms with Gasteiger partial charge in [-0.3, -0.25) is 14.9 Å². The molecule has 148 valence electrons. The molecule has 0 saturated carbocycles. The lowest BCUT2D eigenvalue weighted by Crippen LogP contribution is -2.19. The van der Waals surface area contributed by atoms with Crippen LogP contribution < -0.4 is 10.2 Å². The number of benzene rings is 2. The number of nitrogens with zero attached hydrogens (tertiary/aromatic N) is 4. The molecule has 0 spiro atoms. The second-order valence-corrected chi connectivity index (χ2v) is 8.59. The Bertz CT molecular complexity index is 1020. The Labute approximate surface area is 175 Å². The zero-order valence-corrected chi connectivity index (χ0v) is 16.9. The third-order valence-corrected chi connectivity index (χ3v) is 6.32. The quantitative estimate of drug-likeness (QED) is 0.458. The molecule has 8 nitrogen and oxygen atoms in total. The molecular weight excluding hydrogens is 410 g/mol. The summed E-state index contributed by atoms with van der Waals surface area (Å²) < 4.78 is 0.840. The average molecular weight is 428 g/mol. The fourth-order valence-electron chi connectivity index (χ4n) is 3.15. The van der Waals surface area contributed by atoms with E-state index in [0.29, 0.717) is 11.4 Å². The number of anilines is 2. The van der Waals surface area contributed by atoms with Crippen molar-refractivity contribution in [1.29, 1.82) is 0 Å². The Morgan fingerprint density at radius 1 is 1.17 bits per heavy atom. The Morgan fingerprint density at radius 3 is 2.59 bits per heavy atom. The highest BCUT2D eigenvalue weighted by Crippen LogP contribution is 2.32. The molecule has 3 aromatic rings. The van der Waals surface area contributed by atoms with Gasteiger partial charge in [0.2, 0.25) is 0 Å². The Morgan fingerprint density at radius 2 is 1.93 bits per heavy atom. The predicted octanol–water partition coefficient (Wildman–Crippen LogP) is 4.45. The molecule has 0 radical (unpaired) electrons. The molecule has 1 aliphatic heterocycles. The summed E-state index contributed by atoms with van der Waals surface area (Å²) in [4.78, 5) is 26.7. The Balaban J connectivity index is 1.47. The van der Waals surface area contributed by atoms with Crippen molar-refractivity contribution in [1.82, 2.24) is 10.2 Å². The van der Waals surface area contributed by atoms with E-state index in [1.807, 2.05) is 17.0 Å². The van der Waals surface area contributed by atoms with Gasteiger partial charge in [-0.2, -0.15) is 0 Å². The largest absolute Gasteiger partial charge is 0.366 e. The number of nitro groups is 1. The molecule has 1 N–H and O–H groups in total. The van der Waals surface area contributed by atoms with Crippen LogP contribution in [-0.2, 0) is 0 Å².